The molecule has 0 aromatic carbocycles. The molecule has 0 fully saturated rings. The van der Waals surface area contributed by atoms with E-state index in [0.717, 1.165) is 0 Å². The Balaban J connectivity index is 5.65. The number of carboxylic acids is 4. The van der Waals surface area contributed by atoms with Crippen molar-refractivity contribution in [2.75, 3.05) is 0 Å². The van der Waals surface area contributed by atoms with Gasteiger partial charge in [-0.15, -0.1) is 0 Å². The molecule has 16 nitrogen and oxygen atoms in total. The molecule has 16 heteroatoms. The van der Waals surface area contributed by atoms with Crippen LogP contribution in [0, 0.1) is 0 Å². The number of aliphatic carboxylic acids is 4. The summed E-state index contributed by atoms with van der Waals surface area (Å²) in [7, 11) is 0. The summed E-state index contributed by atoms with van der Waals surface area (Å²) < 4.78 is 0. The zero-order valence-corrected chi connectivity index (χ0v) is 18.8. The minimum absolute atomic E-state index is 0.455. The second-order valence-electron chi connectivity index (χ2n) is 7.59. The lowest BCUT2D eigenvalue weighted by molar-refractivity contribution is -0.144. The molecule has 0 unspecified atom stereocenters. The number of aliphatic hydroxyl groups is 1. The topological polar surface area (TPSA) is 283 Å². The van der Waals surface area contributed by atoms with Gasteiger partial charge in [0.25, 0.3) is 0 Å². The van der Waals surface area contributed by atoms with E-state index in [4.69, 9.17) is 21.1 Å². The van der Waals surface area contributed by atoms with E-state index in [9.17, 15) is 43.8 Å². The summed E-state index contributed by atoms with van der Waals surface area (Å²) in [5.74, 6) is -8.80. The summed E-state index contributed by atoms with van der Waals surface area (Å²) >= 11 is 0. The molecule has 0 heterocycles. The van der Waals surface area contributed by atoms with Crippen molar-refractivity contribution in [3.8, 4) is 0 Å². The highest BCUT2D eigenvalue weighted by atomic mass is 16.4. The van der Waals surface area contributed by atoms with Gasteiger partial charge >= 0.3 is 23.9 Å². The minimum Gasteiger partial charge on any atom is -0.481 e. The van der Waals surface area contributed by atoms with Gasteiger partial charge in [-0.3, -0.25) is 28.8 Å². The summed E-state index contributed by atoms with van der Waals surface area (Å²) in [6, 6.07) is -6.30. The van der Waals surface area contributed by atoms with Crippen molar-refractivity contribution in [3.05, 3.63) is 0 Å². The number of rotatable bonds is 17. The third-order valence-corrected chi connectivity index (χ3v) is 4.64. The van der Waals surface area contributed by atoms with Gasteiger partial charge in [0.1, 0.15) is 24.2 Å². The molecular formula is C19H30N4O12. The van der Waals surface area contributed by atoms with Gasteiger partial charge in [0.05, 0.1) is 6.10 Å². The quantitative estimate of drug-likeness (QED) is 0.0942. The molecule has 0 aliphatic heterocycles. The lowest BCUT2D eigenvalue weighted by Crippen LogP contribution is -2.58. The van der Waals surface area contributed by atoms with Crippen LogP contribution in [0.25, 0.3) is 0 Å². The Morgan fingerprint density at radius 1 is 0.629 bits per heavy atom. The van der Waals surface area contributed by atoms with Crippen LogP contribution in [0.4, 0.5) is 0 Å². The first-order valence-electron chi connectivity index (χ1n) is 10.4. The van der Waals surface area contributed by atoms with Crippen LogP contribution >= 0.6 is 0 Å². The number of nitrogens with one attached hydrogen (secondary N) is 3. The van der Waals surface area contributed by atoms with Gasteiger partial charge in [-0.25, -0.2) is 4.79 Å². The number of amides is 3. The molecule has 0 saturated carbocycles. The van der Waals surface area contributed by atoms with E-state index in [2.05, 4.69) is 10.6 Å². The Kier molecular flexibility index (Phi) is 13.5. The normalized spacial score (nSPS) is 14.9. The third-order valence-electron chi connectivity index (χ3n) is 4.64. The predicted molar refractivity (Wildman–Crippen MR) is 114 cm³/mol. The first-order valence-corrected chi connectivity index (χ1v) is 10.4. The van der Waals surface area contributed by atoms with Crippen molar-refractivity contribution in [3.63, 3.8) is 0 Å². The van der Waals surface area contributed by atoms with E-state index in [0.29, 0.717) is 0 Å². The maximum atomic E-state index is 12.7. The van der Waals surface area contributed by atoms with Gasteiger partial charge < -0.3 is 47.2 Å². The van der Waals surface area contributed by atoms with Crippen LogP contribution in [0.5, 0.6) is 0 Å². The van der Waals surface area contributed by atoms with Crippen LogP contribution in [-0.4, -0.2) is 97.4 Å². The maximum absolute atomic E-state index is 12.7. The Bertz CT molecular complexity index is 816. The van der Waals surface area contributed by atoms with E-state index < -0.39 is 110 Å². The van der Waals surface area contributed by atoms with Crippen molar-refractivity contribution < 1.29 is 59.1 Å². The lowest BCUT2D eigenvalue weighted by Gasteiger charge is -2.25. The van der Waals surface area contributed by atoms with E-state index in [-0.39, 0.29) is 0 Å². The van der Waals surface area contributed by atoms with Crippen molar-refractivity contribution in [1.29, 1.82) is 0 Å². The molecule has 0 aromatic heterocycles. The smallest absolute Gasteiger partial charge is 0.326 e. The Morgan fingerprint density at radius 2 is 0.943 bits per heavy atom. The number of carbonyl (C=O) groups is 7. The molecule has 3 amide bonds. The highest BCUT2D eigenvalue weighted by Gasteiger charge is 2.31. The second kappa shape index (κ2) is 15.2. The molecule has 0 aliphatic rings. The number of hydrogen-bond donors (Lipinski definition) is 9. The van der Waals surface area contributed by atoms with E-state index >= 15 is 0 Å². The van der Waals surface area contributed by atoms with Crippen LogP contribution in [-0.2, 0) is 33.6 Å². The number of aliphatic hydroxyl groups excluding tert-OH is 1. The van der Waals surface area contributed by atoms with Crippen molar-refractivity contribution in [2.45, 2.75) is 75.7 Å². The molecule has 0 spiro atoms. The fourth-order valence-corrected chi connectivity index (χ4v) is 2.63. The van der Waals surface area contributed by atoms with Crippen molar-refractivity contribution in [1.82, 2.24) is 16.0 Å². The largest absolute Gasteiger partial charge is 0.481 e. The molecule has 198 valence electrons. The standard InChI is InChI=1S/C19H30N4O12/c1-8(24)15(20)18(33)22-10(3-6-13(27)28)16(31)21-9(2-5-12(25)26)17(32)23-11(19(34)35)4-7-14(29)30/h8-11,15,24H,2-7,20H2,1H3,(H,21,31)(H,22,33)(H,23,32)(H,25,26)(H,27,28)(H,29,30)(H,34,35)/t8-,9+,10+,11+,15+/m1/s1. The van der Waals surface area contributed by atoms with Crippen molar-refractivity contribution in [2.24, 2.45) is 5.73 Å². The number of carbonyl (C=O) groups excluding carboxylic acids is 3. The highest BCUT2D eigenvalue weighted by Crippen LogP contribution is 2.06. The average Bonchev–Trinajstić information content (AvgIpc) is 2.74. The number of carboxylic acid groups (broad SMARTS) is 4. The molecule has 0 aromatic rings. The van der Waals surface area contributed by atoms with E-state index in [1.54, 1.807) is 0 Å². The fourth-order valence-electron chi connectivity index (χ4n) is 2.63. The van der Waals surface area contributed by atoms with Gasteiger partial charge in [0.2, 0.25) is 17.7 Å². The summed E-state index contributed by atoms with van der Waals surface area (Å²) in [5.41, 5.74) is 5.49. The maximum Gasteiger partial charge on any atom is 0.326 e. The Labute approximate surface area is 198 Å². The zero-order chi connectivity index (χ0) is 27.3. The zero-order valence-electron chi connectivity index (χ0n) is 18.8. The molecule has 0 aliphatic carbocycles. The van der Waals surface area contributed by atoms with Gasteiger partial charge in [0, 0.05) is 19.3 Å². The number of hydrogen-bond acceptors (Lipinski definition) is 9. The molecule has 0 saturated heterocycles. The van der Waals surface area contributed by atoms with Gasteiger partial charge in [-0.05, 0) is 26.2 Å². The second-order valence-corrected chi connectivity index (χ2v) is 7.59. The SMILES string of the molecule is C[C@@H](O)[C@H](N)C(=O)N[C@@H](CCC(=O)O)C(=O)N[C@@H](CCC(=O)O)C(=O)N[C@@H](CCC(=O)O)C(=O)O. The molecule has 5 atom stereocenters. The third kappa shape index (κ3) is 12.9. The minimum atomic E-state index is -1.66. The fraction of sp³-hybridized carbons (Fsp3) is 0.632. The molecule has 0 bridgehead atoms. The number of nitrogens with two attached hydrogens (primary N) is 1. The van der Waals surface area contributed by atoms with E-state index in [1.165, 1.54) is 6.92 Å². The van der Waals surface area contributed by atoms with Crippen molar-refractivity contribution >= 4 is 41.6 Å². The van der Waals surface area contributed by atoms with Crippen LogP contribution in [0.3, 0.4) is 0 Å². The molecule has 10 N–H and O–H groups in total. The van der Waals surface area contributed by atoms with Crippen LogP contribution < -0.4 is 21.7 Å². The Hall–Kier alpha value is -3.79. The predicted octanol–water partition coefficient (Wildman–Crippen LogP) is -3.17. The molecule has 0 rings (SSSR count). The molecule has 35 heavy (non-hydrogen) atoms. The summed E-state index contributed by atoms with van der Waals surface area (Å²) in [4.78, 5) is 81.4. The first kappa shape index (κ1) is 31.2. The lowest BCUT2D eigenvalue weighted by atomic mass is 10.1. The monoisotopic (exact) mass is 506 g/mol. The van der Waals surface area contributed by atoms with Crippen LogP contribution in [0.1, 0.15) is 45.4 Å². The molecule has 0 radical (unpaired) electrons. The summed E-state index contributed by atoms with van der Waals surface area (Å²) in [5, 5.41) is 51.5. The Morgan fingerprint density at radius 3 is 1.26 bits per heavy atom. The van der Waals surface area contributed by atoms with Crippen LogP contribution in [0.15, 0.2) is 0 Å². The molecular weight excluding hydrogens is 476 g/mol. The highest BCUT2D eigenvalue weighted by molar-refractivity contribution is 5.94. The first-order chi connectivity index (χ1) is 16.1. The van der Waals surface area contributed by atoms with Gasteiger partial charge in [-0.2, -0.15) is 0 Å². The average molecular weight is 506 g/mol. The van der Waals surface area contributed by atoms with Gasteiger partial charge in [-0.1, -0.05) is 0 Å². The van der Waals surface area contributed by atoms with Gasteiger partial charge in [0.15, 0.2) is 0 Å². The van der Waals surface area contributed by atoms with E-state index in [1.807, 2.05) is 5.32 Å². The summed E-state index contributed by atoms with van der Waals surface area (Å²) in [6.45, 7) is 1.20. The van der Waals surface area contributed by atoms with Crippen LogP contribution in [0.2, 0.25) is 0 Å². The summed E-state index contributed by atoms with van der Waals surface area (Å²) in [6.07, 6.45) is -4.60.